The van der Waals surface area contributed by atoms with Crippen LogP contribution in [0.3, 0.4) is 0 Å². The predicted octanol–water partition coefficient (Wildman–Crippen LogP) is 5.22. The van der Waals surface area contributed by atoms with Gasteiger partial charge >= 0.3 is 6.55 Å². The second-order valence-corrected chi connectivity index (χ2v) is 9.34. The third-order valence-corrected chi connectivity index (χ3v) is 7.52. The molecule has 3 heterocycles. The van der Waals surface area contributed by atoms with E-state index in [-0.39, 0.29) is 17.1 Å². The molecule has 0 spiro atoms. The fourth-order valence-corrected chi connectivity index (χ4v) is 6.23. The van der Waals surface area contributed by atoms with Crippen LogP contribution in [0.1, 0.15) is 36.2 Å². The molecule has 1 aliphatic rings. The summed E-state index contributed by atoms with van der Waals surface area (Å²) in [7, 11) is 0. The van der Waals surface area contributed by atoms with Crippen molar-refractivity contribution in [2.24, 2.45) is 0 Å². The van der Waals surface area contributed by atoms with Crippen LogP contribution in [0.15, 0.2) is 46.6 Å². The summed E-state index contributed by atoms with van der Waals surface area (Å²) in [5, 5.41) is 1.13. The molecular formula is C22H20F2N4O2S2. The number of fused-ring (bicyclic) bond motifs is 3. The molecule has 0 atom stereocenters. The molecule has 0 radical (unpaired) electrons. The molecule has 166 valence electrons. The van der Waals surface area contributed by atoms with Crippen LogP contribution in [-0.2, 0) is 18.6 Å². The number of rotatable bonds is 7. The molecule has 6 nitrogen and oxygen atoms in total. The Labute approximate surface area is 190 Å². The molecule has 0 aliphatic heterocycles. The van der Waals surface area contributed by atoms with E-state index in [1.165, 1.54) is 29.0 Å². The van der Waals surface area contributed by atoms with Crippen LogP contribution in [0.25, 0.3) is 15.9 Å². The zero-order valence-corrected chi connectivity index (χ0v) is 18.9. The summed E-state index contributed by atoms with van der Waals surface area (Å²) in [6.45, 7) is -0.214. The van der Waals surface area contributed by atoms with Crippen LogP contribution < -0.4 is 10.3 Å². The molecule has 4 aromatic rings. The number of nitrogens with zero attached hydrogens (tertiary/aromatic N) is 4. The van der Waals surface area contributed by atoms with E-state index in [1.54, 1.807) is 15.9 Å². The summed E-state index contributed by atoms with van der Waals surface area (Å²) in [5.41, 5.74) is 1.63. The first-order chi connectivity index (χ1) is 15.6. The lowest BCUT2D eigenvalue weighted by Crippen LogP contribution is -2.22. The molecule has 0 N–H and O–H groups in total. The van der Waals surface area contributed by atoms with E-state index in [1.807, 2.05) is 31.2 Å². The maximum Gasteiger partial charge on any atom is 0.319 e. The van der Waals surface area contributed by atoms with Gasteiger partial charge in [-0.15, -0.1) is 11.3 Å². The molecule has 0 saturated carbocycles. The van der Waals surface area contributed by atoms with E-state index in [0.717, 1.165) is 29.4 Å². The van der Waals surface area contributed by atoms with Crippen LogP contribution in [0.4, 0.5) is 8.78 Å². The molecule has 3 aromatic heterocycles. The third-order valence-electron chi connectivity index (χ3n) is 5.40. The van der Waals surface area contributed by atoms with Gasteiger partial charge in [0.2, 0.25) is 0 Å². The van der Waals surface area contributed by atoms with Gasteiger partial charge in [-0.05, 0) is 56.0 Å². The average molecular weight is 475 g/mol. The zero-order chi connectivity index (χ0) is 22.2. The third kappa shape index (κ3) is 3.71. The standard InChI is InChI=1S/C22H20F2N4O2S2/c1-2-30-14-8-6-13(7-9-14)28-20(29)18-15-4-3-5-16(15)32-19(18)26-22(28)31-12-17-25-10-11-27(17)21(23)24/h6-11,21H,2-5,12H2,1H3. The Morgan fingerprint density at radius 1 is 1.25 bits per heavy atom. The number of hydrogen-bond acceptors (Lipinski definition) is 6. The lowest BCUT2D eigenvalue weighted by atomic mass is 10.2. The quantitative estimate of drug-likeness (QED) is 0.272. The highest BCUT2D eigenvalue weighted by Gasteiger charge is 2.24. The monoisotopic (exact) mass is 474 g/mol. The van der Waals surface area contributed by atoms with Crippen molar-refractivity contribution < 1.29 is 13.5 Å². The Kier molecular flexibility index (Phi) is 5.73. The van der Waals surface area contributed by atoms with Crippen LogP contribution in [0.2, 0.25) is 0 Å². The minimum absolute atomic E-state index is 0.127. The first kappa shape index (κ1) is 21.1. The lowest BCUT2D eigenvalue weighted by Gasteiger charge is -2.13. The molecule has 32 heavy (non-hydrogen) atoms. The lowest BCUT2D eigenvalue weighted by molar-refractivity contribution is 0.0678. The van der Waals surface area contributed by atoms with Gasteiger partial charge in [0.25, 0.3) is 5.56 Å². The smallest absolute Gasteiger partial charge is 0.319 e. The largest absolute Gasteiger partial charge is 0.494 e. The fourth-order valence-electron chi connectivity index (χ4n) is 3.97. The first-order valence-electron chi connectivity index (χ1n) is 10.3. The van der Waals surface area contributed by atoms with Crippen molar-refractivity contribution in [1.82, 2.24) is 19.1 Å². The summed E-state index contributed by atoms with van der Waals surface area (Å²) in [6.07, 6.45) is 5.50. The van der Waals surface area contributed by atoms with Crippen molar-refractivity contribution in [2.75, 3.05) is 6.61 Å². The van der Waals surface area contributed by atoms with Gasteiger partial charge in [-0.25, -0.2) is 9.97 Å². The second-order valence-electron chi connectivity index (χ2n) is 7.32. The van der Waals surface area contributed by atoms with Gasteiger partial charge < -0.3 is 4.74 Å². The number of benzene rings is 1. The molecule has 0 unspecified atom stereocenters. The maximum atomic E-state index is 13.7. The summed E-state index contributed by atoms with van der Waals surface area (Å²) >= 11 is 2.79. The molecule has 0 saturated heterocycles. The number of aryl methyl sites for hydroxylation is 2. The topological polar surface area (TPSA) is 61.9 Å². The molecule has 0 amide bonds. The molecule has 1 aliphatic carbocycles. The first-order valence-corrected chi connectivity index (χ1v) is 12.1. The molecule has 0 fully saturated rings. The van der Waals surface area contributed by atoms with Crippen molar-refractivity contribution in [3.05, 3.63) is 63.3 Å². The fraction of sp³-hybridized carbons (Fsp3) is 0.318. The van der Waals surface area contributed by atoms with Crippen molar-refractivity contribution >= 4 is 33.3 Å². The second kappa shape index (κ2) is 8.67. The van der Waals surface area contributed by atoms with Crippen LogP contribution in [0.5, 0.6) is 5.75 Å². The van der Waals surface area contributed by atoms with Crippen molar-refractivity contribution in [3.63, 3.8) is 0 Å². The van der Waals surface area contributed by atoms with E-state index in [9.17, 15) is 13.6 Å². The molecular weight excluding hydrogens is 454 g/mol. The van der Waals surface area contributed by atoms with Crippen LogP contribution in [-0.4, -0.2) is 25.7 Å². The van der Waals surface area contributed by atoms with Crippen LogP contribution >= 0.6 is 23.1 Å². The molecule has 5 rings (SSSR count). The summed E-state index contributed by atoms with van der Waals surface area (Å²) in [4.78, 5) is 24.4. The minimum Gasteiger partial charge on any atom is -0.494 e. The number of halogens is 2. The summed E-state index contributed by atoms with van der Waals surface area (Å²) in [5.74, 6) is 1.10. The number of alkyl halides is 2. The number of hydrogen-bond donors (Lipinski definition) is 0. The van der Waals surface area contributed by atoms with E-state index in [0.29, 0.717) is 33.4 Å². The molecule has 1 aromatic carbocycles. The van der Waals surface area contributed by atoms with Crippen molar-refractivity contribution in [1.29, 1.82) is 0 Å². The van der Waals surface area contributed by atoms with Crippen LogP contribution in [0, 0.1) is 0 Å². The van der Waals surface area contributed by atoms with Gasteiger partial charge in [-0.1, -0.05) is 11.8 Å². The number of imidazole rings is 1. The highest BCUT2D eigenvalue weighted by atomic mass is 32.2. The Balaban J connectivity index is 1.61. The van der Waals surface area contributed by atoms with E-state index in [2.05, 4.69) is 4.98 Å². The van der Waals surface area contributed by atoms with Gasteiger partial charge in [0.05, 0.1) is 23.4 Å². The van der Waals surface area contributed by atoms with Gasteiger partial charge in [-0.3, -0.25) is 13.9 Å². The number of ether oxygens (including phenoxy) is 1. The maximum absolute atomic E-state index is 13.7. The summed E-state index contributed by atoms with van der Waals surface area (Å²) < 4.78 is 34.4. The van der Waals surface area contributed by atoms with E-state index in [4.69, 9.17) is 9.72 Å². The molecule has 0 bridgehead atoms. The minimum atomic E-state index is -2.67. The van der Waals surface area contributed by atoms with Crippen molar-refractivity contribution in [3.8, 4) is 11.4 Å². The van der Waals surface area contributed by atoms with Crippen molar-refractivity contribution in [2.45, 2.75) is 43.6 Å². The normalized spacial score (nSPS) is 13.2. The Hall–Kier alpha value is -2.72. The van der Waals surface area contributed by atoms with Gasteiger partial charge in [0.1, 0.15) is 16.4 Å². The van der Waals surface area contributed by atoms with Gasteiger partial charge in [-0.2, -0.15) is 8.78 Å². The van der Waals surface area contributed by atoms with E-state index < -0.39 is 6.55 Å². The predicted molar refractivity (Wildman–Crippen MR) is 121 cm³/mol. The SMILES string of the molecule is CCOc1ccc(-n2c(SCc3nccn3C(F)F)nc3sc4c(c3c2=O)CCC4)cc1. The molecule has 10 heteroatoms. The highest BCUT2D eigenvalue weighted by Crippen LogP contribution is 2.36. The Morgan fingerprint density at radius 3 is 2.81 bits per heavy atom. The highest BCUT2D eigenvalue weighted by molar-refractivity contribution is 7.98. The average Bonchev–Trinajstić information content (AvgIpc) is 3.49. The Morgan fingerprint density at radius 2 is 2.06 bits per heavy atom. The number of thioether (sulfide) groups is 1. The Bertz CT molecular complexity index is 1330. The zero-order valence-electron chi connectivity index (χ0n) is 17.3. The number of aromatic nitrogens is 4. The van der Waals surface area contributed by atoms with Gasteiger partial charge in [0, 0.05) is 17.3 Å². The summed E-state index contributed by atoms with van der Waals surface area (Å²) in [6, 6.07) is 7.25. The van der Waals surface area contributed by atoms with E-state index >= 15 is 0 Å². The van der Waals surface area contributed by atoms with Gasteiger partial charge in [0.15, 0.2) is 5.16 Å². The number of thiophene rings is 1.